The molecule has 82 valence electrons. The van der Waals surface area contributed by atoms with Crippen molar-refractivity contribution < 1.29 is 4.79 Å². The lowest BCUT2D eigenvalue weighted by molar-refractivity contribution is -0.135. The molecule has 0 unspecified atom stereocenters. The Hall–Kier alpha value is -1.08. The van der Waals surface area contributed by atoms with Gasteiger partial charge in [0.2, 0.25) is 5.91 Å². The molecule has 3 atom stereocenters. The maximum absolute atomic E-state index is 11.9. The summed E-state index contributed by atoms with van der Waals surface area (Å²) in [7, 11) is 1.98. The summed E-state index contributed by atoms with van der Waals surface area (Å²) in [4.78, 5) is 14.0. The van der Waals surface area contributed by atoms with E-state index in [4.69, 9.17) is 5.26 Å². The molecule has 2 saturated heterocycles. The fourth-order valence-corrected chi connectivity index (χ4v) is 3.11. The van der Waals surface area contributed by atoms with Gasteiger partial charge in [0.15, 0.2) is 0 Å². The molecule has 0 aromatic carbocycles. The van der Waals surface area contributed by atoms with Crippen molar-refractivity contribution in [2.75, 3.05) is 20.1 Å². The van der Waals surface area contributed by atoms with Crippen molar-refractivity contribution in [2.45, 2.75) is 25.3 Å². The third kappa shape index (κ3) is 1.34. The van der Waals surface area contributed by atoms with E-state index in [0.29, 0.717) is 18.3 Å². The number of likely N-dealkylation sites (tertiary alicyclic amines) is 1. The number of nitrogens with zero attached hydrogens (tertiary/aromatic N) is 2. The summed E-state index contributed by atoms with van der Waals surface area (Å²) in [5.74, 6) is 0.827. The van der Waals surface area contributed by atoms with Crippen molar-refractivity contribution >= 4 is 5.91 Å². The Labute approximate surface area is 90.2 Å². The van der Waals surface area contributed by atoms with Crippen LogP contribution in [0.15, 0.2) is 0 Å². The molecule has 4 heteroatoms. The second-order valence-corrected chi connectivity index (χ2v) is 4.80. The lowest BCUT2D eigenvalue weighted by Gasteiger charge is -2.40. The number of nitrogens with one attached hydrogen (secondary N) is 1. The van der Waals surface area contributed by atoms with E-state index in [9.17, 15) is 4.79 Å². The fraction of sp³-hybridized carbons (Fsp3) is 0.818. The Balaban J connectivity index is 2.27. The van der Waals surface area contributed by atoms with Crippen molar-refractivity contribution in [3.05, 3.63) is 0 Å². The zero-order valence-electron chi connectivity index (χ0n) is 9.29. The van der Waals surface area contributed by atoms with Crippen LogP contribution in [0.4, 0.5) is 0 Å². The van der Waals surface area contributed by atoms with Crippen LogP contribution in [0.1, 0.15) is 19.8 Å². The minimum Gasteiger partial charge on any atom is -0.354 e. The van der Waals surface area contributed by atoms with Gasteiger partial charge in [-0.1, -0.05) is 0 Å². The molecule has 0 aromatic rings. The summed E-state index contributed by atoms with van der Waals surface area (Å²) in [5, 5.41) is 11.7. The number of likely N-dealkylation sites (N-methyl/N-ethyl adjacent to an activating group) is 1. The van der Waals surface area contributed by atoms with Crippen LogP contribution in [0.2, 0.25) is 0 Å². The van der Waals surface area contributed by atoms with Crippen LogP contribution in [-0.2, 0) is 4.79 Å². The molecule has 4 nitrogen and oxygen atoms in total. The number of hydrogen-bond donors (Lipinski definition) is 1. The van der Waals surface area contributed by atoms with Gasteiger partial charge in [-0.2, -0.15) is 5.26 Å². The van der Waals surface area contributed by atoms with Gasteiger partial charge in [0, 0.05) is 19.5 Å². The van der Waals surface area contributed by atoms with Crippen molar-refractivity contribution in [3.63, 3.8) is 0 Å². The van der Waals surface area contributed by atoms with Crippen LogP contribution in [0, 0.1) is 23.2 Å². The Morgan fingerprint density at radius 1 is 1.73 bits per heavy atom. The number of fused-ring (bicyclic) bond motifs is 1. The van der Waals surface area contributed by atoms with E-state index >= 15 is 0 Å². The van der Waals surface area contributed by atoms with Crippen LogP contribution in [0.25, 0.3) is 0 Å². The molecule has 0 aliphatic carbocycles. The normalized spacial score (nSPS) is 40.7. The molecule has 15 heavy (non-hydrogen) atoms. The molecular weight excluding hydrogens is 190 g/mol. The van der Waals surface area contributed by atoms with Crippen molar-refractivity contribution in [1.82, 2.24) is 10.2 Å². The standard InChI is InChI=1S/C11H17N3O/c1-11-9(4-6-13-10(11)15)8(3-5-12)7-14(11)2/h8-9H,3-4,6-7H2,1-2H3,(H,13,15)/t8-,9-,11+/m1/s1. The van der Waals surface area contributed by atoms with Crippen molar-refractivity contribution in [3.8, 4) is 6.07 Å². The van der Waals surface area contributed by atoms with Gasteiger partial charge in [-0.25, -0.2) is 0 Å². The first kappa shape index (κ1) is 10.4. The van der Waals surface area contributed by atoms with Gasteiger partial charge in [-0.05, 0) is 32.2 Å². The number of rotatable bonds is 1. The number of nitriles is 1. The fourth-order valence-electron chi connectivity index (χ4n) is 3.11. The lowest BCUT2D eigenvalue weighted by atomic mass is 9.75. The third-order valence-corrected chi connectivity index (χ3v) is 4.15. The van der Waals surface area contributed by atoms with E-state index in [1.165, 1.54) is 0 Å². The van der Waals surface area contributed by atoms with Crippen LogP contribution < -0.4 is 5.32 Å². The van der Waals surface area contributed by atoms with E-state index in [1.54, 1.807) is 0 Å². The highest BCUT2D eigenvalue weighted by Gasteiger charge is 2.54. The number of carbonyl (C=O) groups excluding carboxylic acids is 1. The Morgan fingerprint density at radius 3 is 3.13 bits per heavy atom. The summed E-state index contributed by atoms with van der Waals surface area (Å²) >= 11 is 0. The van der Waals surface area contributed by atoms with Gasteiger partial charge in [0.05, 0.1) is 6.07 Å². The largest absolute Gasteiger partial charge is 0.354 e. The monoisotopic (exact) mass is 207 g/mol. The molecule has 0 aromatic heterocycles. The number of amides is 1. The first-order valence-corrected chi connectivity index (χ1v) is 5.47. The van der Waals surface area contributed by atoms with Crippen molar-refractivity contribution in [1.29, 1.82) is 5.26 Å². The number of hydrogen-bond acceptors (Lipinski definition) is 3. The number of carbonyl (C=O) groups is 1. The molecule has 0 spiro atoms. The van der Waals surface area contributed by atoms with Gasteiger partial charge in [-0.3, -0.25) is 9.69 Å². The topological polar surface area (TPSA) is 56.1 Å². The second kappa shape index (κ2) is 3.49. The summed E-state index contributed by atoms with van der Waals surface area (Å²) in [6.07, 6.45) is 1.57. The SMILES string of the molecule is CN1C[C@@H](CC#N)[C@H]2CCNC(=O)[C@]21C. The van der Waals surface area contributed by atoms with Crippen LogP contribution in [0.5, 0.6) is 0 Å². The molecule has 1 amide bonds. The van der Waals surface area contributed by atoms with Gasteiger partial charge < -0.3 is 5.32 Å². The van der Waals surface area contributed by atoms with Crippen LogP contribution in [0.3, 0.4) is 0 Å². The highest BCUT2D eigenvalue weighted by atomic mass is 16.2. The molecule has 0 radical (unpaired) electrons. The second-order valence-electron chi connectivity index (χ2n) is 4.80. The van der Waals surface area contributed by atoms with E-state index in [2.05, 4.69) is 16.3 Å². The first-order chi connectivity index (χ1) is 7.10. The molecule has 2 fully saturated rings. The summed E-state index contributed by atoms with van der Waals surface area (Å²) in [6, 6.07) is 2.24. The Bertz CT molecular complexity index is 322. The van der Waals surface area contributed by atoms with Crippen LogP contribution in [-0.4, -0.2) is 36.5 Å². The highest BCUT2D eigenvalue weighted by molar-refractivity contribution is 5.87. The summed E-state index contributed by atoms with van der Waals surface area (Å²) in [6.45, 7) is 3.63. The summed E-state index contributed by atoms with van der Waals surface area (Å²) in [5.41, 5.74) is -0.389. The zero-order chi connectivity index (χ0) is 11.1. The highest BCUT2D eigenvalue weighted by Crippen LogP contribution is 2.43. The van der Waals surface area contributed by atoms with Gasteiger partial charge >= 0.3 is 0 Å². The molecular formula is C11H17N3O. The number of piperidine rings is 1. The quantitative estimate of drug-likeness (QED) is 0.675. The molecule has 2 aliphatic heterocycles. The molecule has 0 saturated carbocycles. The van der Waals surface area contributed by atoms with Crippen LogP contribution >= 0.6 is 0 Å². The van der Waals surface area contributed by atoms with E-state index in [-0.39, 0.29) is 11.4 Å². The van der Waals surface area contributed by atoms with E-state index in [0.717, 1.165) is 19.5 Å². The predicted molar refractivity (Wildman–Crippen MR) is 55.9 cm³/mol. The predicted octanol–water partition coefficient (Wildman–Crippen LogP) is 0.356. The molecule has 0 bridgehead atoms. The summed E-state index contributed by atoms with van der Waals surface area (Å²) < 4.78 is 0. The first-order valence-electron chi connectivity index (χ1n) is 5.47. The zero-order valence-corrected chi connectivity index (χ0v) is 9.29. The van der Waals surface area contributed by atoms with Crippen molar-refractivity contribution in [2.24, 2.45) is 11.8 Å². The molecule has 2 heterocycles. The molecule has 1 N–H and O–H groups in total. The van der Waals surface area contributed by atoms with E-state index in [1.807, 2.05) is 14.0 Å². The molecule has 2 rings (SSSR count). The minimum absolute atomic E-state index is 0.127. The van der Waals surface area contributed by atoms with Gasteiger partial charge in [-0.15, -0.1) is 0 Å². The Morgan fingerprint density at radius 2 is 2.47 bits per heavy atom. The minimum atomic E-state index is -0.389. The average molecular weight is 207 g/mol. The van der Waals surface area contributed by atoms with E-state index < -0.39 is 0 Å². The smallest absolute Gasteiger partial charge is 0.240 e. The Kier molecular flexibility index (Phi) is 2.43. The third-order valence-electron chi connectivity index (χ3n) is 4.15. The molecule has 2 aliphatic rings. The maximum Gasteiger partial charge on any atom is 0.240 e. The van der Waals surface area contributed by atoms with Gasteiger partial charge in [0.1, 0.15) is 5.54 Å². The van der Waals surface area contributed by atoms with Gasteiger partial charge in [0.25, 0.3) is 0 Å². The maximum atomic E-state index is 11.9. The lowest BCUT2D eigenvalue weighted by Crippen LogP contribution is -2.59. The average Bonchev–Trinajstić information content (AvgIpc) is 2.44.